The molecule has 0 radical (unpaired) electrons. The van der Waals surface area contributed by atoms with Crippen LogP contribution in [0.25, 0.3) is 5.69 Å². The van der Waals surface area contributed by atoms with Gasteiger partial charge in [0.2, 0.25) is 0 Å². The average molecular weight is 288 g/mol. The van der Waals surface area contributed by atoms with Gasteiger partial charge in [0, 0.05) is 19.2 Å². The predicted octanol–water partition coefficient (Wildman–Crippen LogP) is 0.719. The number of tetrazole rings is 1. The number of hydrogen-bond donors (Lipinski definition) is 1. The molecule has 1 aromatic carbocycles. The summed E-state index contributed by atoms with van der Waals surface area (Å²) in [5, 5.41) is 11.0. The van der Waals surface area contributed by atoms with Crippen molar-refractivity contribution in [1.29, 1.82) is 0 Å². The number of aromatic nitrogens is 4. The van der Waals surface area contributed by atoms with Gasteiger partial charge in [-0.05, 0) is 40.6 Å². The molecule has 7 nitrogen and oxygen atoms in total. The summed E-state index contributed by atoms with van der Waals surface area (Å²) in [7, 11) is 1.78. The molecule has 2 N–H and O–H groups in total. The lowest BCUT2D eigenvalue weighted by Crippen LogP contribution is -2.39. The molecule has 1 amide bonds. The lowest BCUT2D eigenvalue weighted by Gasteiger charge is -2.29. The summed E-state index contributed by atoms with van der Waals surface area (Å²) in [5.41, 5.74) is 6.95. The van der Waals surface area contributed by atoms with E-state index in [4.69, 9.17) is 5.73 Å². The van der Waals surface area contributed by atoms with Crippen LogP contribution >= 0.6 is 0 Å². The van der Waals surface area contributed by atoms with Gasteiger partial charge in [0.15, 0.2) is 0 Å². The summed E-state index contributed by atoms with van der Waals surface area (Å²) in [6.45, 7) is 5.19. The summed E-state index contributed by atoms with van der Waals surface area (Å²) in [6, 6.07) is 7.20. The molecule has 2 rings (SSSR count). The Hall–Kier alpha value is -2.28. The molecule has 0 unspecified atom stereocenters. The number of carbonyl (C=O) groups excluding carboxylic acids is 1. The molecule has 0 aliphatic carbocycles. The monoisotopic (exact) mass is 288 g/mol. The maximum absolute atomic E-state index is 12.5. The van der Waals surface area contributed by atoms with Crippen molar-refractivity contribution in [3.05, 3.63) is 36.2 Å². The van der Waals surface area contributed by atoms with E-state index in [9.17, 15) is 4.79 Å². The summed E-state index contributed by atoms with van der Waals surface area (Å²) in [6.07, 6.45) is 1.49. The van der Waals surface area contributed by atoms with E-state index in [2.05, 4.69) is 15.5 Å². The molecule has 2 aromatic rings. The second-order valence-electron chi connectivity index (χ2n) is 5.83. The van der Waals surface area contributed by atoms with Crippen LogP contribution in [0.15, 0.2) is 30.6 Å². The maximum atomic E-state index is 12.5. The van der Waals surface area contributed by atoms with E-state index >= 15 is 0 Å². The van der Waals surface area contributed by atoms with E-state index in [1.54, 1.807) is 24.1 Å². The number of carbonyl (C=O) groups is 1. The molecular weight excluding hydrogens is 268 g/mol. The number of rotatable bonds is 5. The highest BCUT2D eigenvalue weighted by atomic mass is 16.2. The van der Waals surface area contributed by atoms with Crippen LogP contribution in [0.5, 0.6) is 0 Å². The molecule has 0 saturated heterocycles. The fourth-order valence-electron chi connectivity index (χ4n) is 2.06. The number of nitrogens with zero attached hydrogens (tertiary/aromatic N) is 5. The molecule has 7 heteroatoms. The van der Waals surface area contributed by atoms with Crippen molar-refractivity contribution in [3.63, 3.8) is 0 Å². The Morgan fingerprint density at radius 3 is 2.81 bits per heavy atom. The van der Waals surface area contributed by atoms with Crippen LogP contribution in [0.3, 0.4) is 0 Å². The maximum Gasteiger partial charge on any atom is 0.253 e. The third-order valence-corrected chi connectivity index (χ3v) is 3.27. The van der Waals surface area contributed by atoms with E-state index in [-0.39, 0.29) is 11.3 Å². The first-order valence-electron chi connectivity index (χ1n) is 6.72. The molecule has 0 bridgehead atoms. The van der Waals surface area contributed by atoms with Crippen molar-refractivity contribution in [2.45, 2.75) is 13.8 Å². The predicted molar refractivity (Wildman–Crippen MR) is 78.9 cm³/mol. The molecule has 0 saturated carbocycles. The van der Waals surface area contributed by atoms with Crippen molar-refractivity contribution >= 4 is 5.91 Å². The summed E-state index contributed by atoms with van der Waals surface area (Å²) >= 11 is 0. The number of hydrogen-bond acceptors (Lipinski definition) is 5. The van der Waals surface area contributed by atoms with E-state index in [1.807, 2.05) is 26.0 Å². The second kappa shape index (κ2) is 6.01. The molecule has 0 aliphatic rings. The van der Waals surface area contributed by atoms with Crippen LogP contribution in [0.2, 0.25) is 0 Å². The number of nitrogens with two attached hydrogens (primary N) is 1. The molecule has 0 aliphatic heterocycles. The van der Waals surface area contributed by atoms with Gasteiger partial charge in [-0.15, -0.1) is 5.10 Å². The number of benzene rings is 1. The minimum absolute atomic E-state index is 0.0496. The molecule has 0 spiro atoms. The Bertz CT molecular complexity index is 608. The molecular formula is C14H20N6O. The standard InChI is InChI=1S/C14H20N6O/c1-14(2,8-15)9-19(3)13(21)11-5-4-6-12(7-11)20-10-16-17-18-20/h4-7,10H,8-9,15H2,1-3H3. The molecule has 112 valence electrons. The molecule has 1 heterocycles. The number of amides is 1. The van der Waals surface area contributed by atoms with Gasteiger partial charge in [0.05, 0.1) is 5.69 Å². The summed E-state index contributed by atoms with van der Waals surface area (Å²) in [5.74, 6) is -0.0496. The third kappa shape index (κ3) is 3.63. The highest BCUT2D eigenvalue weighted by Gasteiger charge is 2.22. The van der Waals surface area contributed by atoms with Crippen LogP contribution < -0.4 is 5.73 Å². The van der Waals surface area contributed by atoms with Gasteiger partial charge in [-0.3, -0.25) is 4.79 Å². The van der Waals surface area contributed by atoms with Gasteiger partial charge in [-0.2, -0.15) is 0 Å². The Morgan fingerprint density at radius 1 is 1.43 bits per heavy atom. The van der Waals surface area contributed by atoms with Gasteiger partial charge in [0.25, 0.3) is 5.91 Å². The Labute approximate surface area is 123 Å². The average Bonchev–Trinajstić information content (AvgIpc) is 3.00. The normalized spacial score (nSPS) is 11.4. The van der Waals surface area contributed by atoms with E-state index < -0.39 is 0 Å². The highest BCUT2D eigenvalue weighted by molar-refractivity contribution is 5.94. The first-order chi connectivity index (χ1) is 9.93. The second-order valence-corrected chi connectivity index (χ2v) is 5.83. The molecule has 0 atom stereocenters. The fourth-order valence-corrected chi connectivity index (χ4v) is 2.06. The Balaban J connectivity index is 2.18. The zero-order chi connectivity index (χ0) is 15.5. The van der Waals surface area contributed by atoms with Gasteiger partial charge in [-0.1, -0.05) is 19.9 Å². The van der Waals surface area contributed by atoms with Crippen molar-refractivity contribution in [2.24, 2.45) is 11.1 Å². The minimum atomic E-state index is -0.113. The molecule has 21 heavy (non-hydrogen) atoms. The van der Waals surface area contributed by atoms with Gasteiger partial charge >= 0.3 is 0 Å². The van der Waals surface area contributed by atoms with Crippen molar-refractivity contribution in [2.75, 3.05) is 20.1 Å². The Morgan fingerprint density at radius 2 is 2.19 bits per heavy atom. The van der Waals surface area contributed by atoms with Crippen LogP contribution in [0, 0.1) is 5.41 Å². The molecule has 1 aromatic heterocycles. The zero-order valence-corrected chi connectivity index (χ0v) is 12.5. The summed E-state index contributed by atoms with van der Waals surface area (Å²) < 4.78 is 1.51. The smallest absolute Gasteiger partial charge is 0.253 e. The van der Waals surface area contributed by atoms with E-state index in [0.717, 1.165) is 5.69 Å². The van der Waals surface area contributed by atoms with Gasteiger partial charge in [0.1, 0.15) is 6.33 Å². The fraction of sp³-hybridized carbons (Fsp3) is 0.429. The Kier molecular flexibility index (Phi) is 4.32. The lowest BCUT2D eigenvalue weighted by molar-refractivity contribution is 0.0740. The first-order valence-corrected chi connectivity index (χ1v) is 6.72. The van der Waals surface area contributed by atoms with Crippen LogP contribution in [-0.4, -0.2) is 51.2 Å². The SMILES string of the molecule is CN(CC(C)(C)CN)C(=O)c1cccc(-n2cnnn2)c1. The third-order valence-electron chi connectivity index (χ3n) is 3.27. The van der Waals surface area contributed by atoms with Crippen LogP contribution in [-0.2, 0) is 0 Å². The van der Waals surface area contributed by atoms with Crippen molar-refractivity contribution in [1.82, 2.24) is 25.1 Å². The largest absolute Gasteiger partial charge is 0.341 e. The van der Waals surface area contributed by atoms with Gasteiger partial charge < -0.3 is 10.6 Å². The van der Waals surface area contributed by atoms with E-state index in [0.29, 0.717) is 18.7 Å². The minimum Gasteiger partial charge on any atom is -0.341 e. The van der Waals surface area contributed by atoms with Gasteiger partial charge in [-0.25, -0.2) is 4.68 Å². The van der Waals surface area contributed by atoms with Crippen LogP contribution in [0.1, 0.15) is 24.2 Å². The molecule has 0 fully saturated rings. The van der Waals surface area contributed by atoms with Crippen molar-refractivity contribution in [3.8, 4) is 5.69 Å². The zero-order valence-electron chi connectivity index (χ0n) is 12.5. The topological polar surface area (TPSA) is 89.9 Å². The van der Waals surface area contributed by atoms with Crippen molar-refractivity contribution < 1.29 is 4.79 Å². The van der Waals surface area contributed by atoms with Crippen LogP contribution in [0.4, 0.5) is 0 Å². The van der Waals surface area contributed by atoms with E-state index in [1.165, 1.54) is 11.0 Å². The summed E-state index contributed by atoms with van der Waals surface area (Å²) in [4.78, 5) is 14.2. The lowest BCUT2D eigenvalue weighted by atomic mass is 9.93. The first kappa shape index (κ1) is 15.1. The quantitative estimate of drug-likeness (QED) is 0.875. The highest BCUT2D eigenvalue weighted by Crippen LogP contribution is 2.16.